The van der Waals surface area contributed by atoms with Crippen LogP contribution in [0.5, 0.6) is 0 Å². The predicted octanol–water partition coefficient (Wildman–Crippen LogP) is 1.43. The van der Waals surface area contributed by atoms with E-state index in [4.69, 9.17) is 9.84 Å². The topological polar surface area (TPSA) is 95.9 Å². The molecule has 0 bridgehead atoms. The van der Waals surface area contributed by atoms with Gasteiger partial charge in [-0.25, -0.2) is 0 Å². The van der Waals surface area contributed by atoms with Crippen LogP contribution in [0.25, 0.3) is 0 Å². The normalized spacial score (nSPS) is 22.9. The van der Waals surface area contributed by atoms with Crippen molar-refractivity contribution in [2.45, 2.75) is 29.9 Å². The molecule has 0 spiro atoms. The Labute approximate surface area is 143 Å². The standard InChI is InChI=1S/C16H18N2O5S/c1-23-11-5-10(6-15(20)21)18(7-11)16(22)9-2-3-13-12(4-9)17-14(19)8-24-13/h2-4,10-11H,5-8H2,1H3,(H,17,19)(H,20,21). The Balaban J connectivity index is 1.83. The first-order valence-corrected chi connectivity index (χ1v) is 8.58. The minimum absolute atomic E-state index is 0.0959. The molecule has 24 heavy (non-hydrogen) atoms. The number of aliphatic carboxylic acids is 1. The van der Waals surface area contributed by atoms with Crippen LogP contribution in [0.4, 0.5) is 5.69 Å². The molecule has 2 unspecified atom stereocenters. The van der Waals surface area contributed by atoms with Crippen LogP contribution < -0.4 is 5.32 Å². The number of carbonyl (C=O) groups is 3. The van der Waals surface area contributed by atoms with E-state index in [0.29, 0.717) is 30.0 Å². The predicted molar refractivity (Wildman–Crippen MR) is 88.3 cm³/mol. The number of amides is 2. The molecular weight excluding hydrogens is 332 g/mol. The monoisotopic (exact) mass is 350 g/mol. The van der Waals surface area contributed by atoms with Crippen molar-refractivity contribution in [1.82, 2.24) is 4.90 Å². The van der Waals surface area contributed by atoms with Crippen molar-refractivity contribution in [3.05, 3.63) is 23.8 Å². The molecule has 7 nitrogen and oxygen atoms in total. The number of hydrogen-bond acceptors (Lipinski definition) is 5. The van der Waals surface area contributed by atoms with Crippen LogP contribution in [0.1, 0.15) is 23.2 Å². The van der Waals surface area contributed by atoms with E-state index in [2.05, 4.69) is 5.32 Å². The zero-order valence-corrected chi connectivity index (χ0v) is 14.0. The van der Waals surface area contributed by atoms with Crippen LogP contribution in [0.15, 0.2) is 23.1 Å². The van der Waals surface area contributed by atoms with Crippen molar-refractivity contribution in [2.24, 2.45) is 0 Å². The number of benzene rings is 1. The summed E-state index contributed by atoms with van der Waals surface area (Å²) in [5, 5.41) is 11.8. The van der Waals surface area contributed by atoms with Crippen LogP contribution >= 0.6 is 11.8 Å². The molecular formula is C16H18N2O5S. The van der Waals surface area contributed by atoms with E-state index >= 15 is 0 Å². The minimum atomic E-state index is -0.941. The summed E-state index contributed by atoms with van der Waals surface area (Å²) in [4.78, 5) is 37.9. The summed E-state index contributed by atoms with van der Waals surface area (Å²) >= 11 is 1.43. The van der Waals surface area contributed by atoms with Crippen LogP contribution in [-0.2, 0) is 14.3 Å². The van der Waals surface area contributed by atoms with Gasteiger partial charge in [-0.3, -0.25) is 14.4 Å². The molecule has 1 fully saturated rings. The van der Waals surface area contributed by atoms with Crippen molar-refractivity contribution in [1.29, 1.82) is 0 Å². The number of anilines is 1. The molecule has 128 valence electrons. The van der Waals surface area contributed by atoms with Crippen LogP contribution in [0.2, 0.25) is 0 Å². The highest BCUT2D eigenvalue weighted by atomic mass is 32.2. The number of carboxylic acid groups (broad SMARTS) is 1. The van der Waals surface area contributed by atoms with E-state index in [9.17, 15) is 14.4 Å². The second-order valence-corrected chi connectivity index (χ2v) is 6.87. The van der Waals surface area contributed by atoms with Gasteiger partial charge in [-0.15, -0.1) is 11.8 Å². The molecule has 1 saturated heterocycles. The Morgan fingerprint density at radius 2 is 2.25 bits per heavy atom. The number of nitrogens with zero attached hydrogens (tertiary/aromatic N) is 1. The van der Waals surface area contributed by atoms with E-state index in [1.807, 2.05) is 6.07 Å². The van der Waals surface area contributed by atoms with Crippen molar-refractivity contribution in [3.63, 3.8) is 0 Å². The van der Waals surface area contributed by atoms with Crippen molar-refractivity contribution in [2.75, 3.05) is 24.7 Å². The van der Waals surface area contributed by atoms with Gasteiger partial charge in [-0.2, -0.15) is 0 Å². The maximum absolute atomic E-state index is 12.8. The van der Waals surface area contributed by atoms with Gasteiger partial charge in [0.15, 0.2) is 0 Å². The molecule has 2 aliphatic heterocycles. The Kier molecular flexibility index (Phi) is 4.77. The highest BCUT2D eigenvalue weighted by molar-refractivity contribution is 8.00. The van der Waals surface area contributed by atoms with Gasteiger partial charge in [0.05, 0.1) is 24.0 Å². The second-order valence-electron chi connectivity index (χ2n) is 5.85. The molecule has 2 atom stereocenters. The number of thioether (sulfide) groups is 1. The SMILES string of the molecule is COC1CC(CC(=O)O)N(C(=O)c2ccc3c(c2)NC(=O)CS3)C1. The lowest BCUT2D eigenvalue weighted by Gasteiger charge is -2.24. The van der Waals surface area contributed by atoms with Gasteiger partial charge in [0.1, 0.15) is 0 Å². The minimum Gasteiger partial charge on any atom is -0.481 e. The summed E-state index contributed by atoms with van der Waals surface area (Å²) in [7, 11) is 1.56. The van der Waals surface area contributed by atoms with E-state index < -0.39 is 5.97 Å². The summed E-state index contributed by atoms with van der Waals surface area (Å²) in [5.74, 6) is -0.915. The summed E-state index contributed by atoms with van der Waals surface area (Å²) < 4.78 is 5.30. The van der Waals surface area contributed by atoms with Crippen molar-refractivity contribution >= 4 is 35.2 Å². The lowest BCUT2D eigenvalue weighted by molar-refractivity contribution is -0.138. The van der Waals surface area contributed by atoms with E-state index in [1.165, 1.54) is 11.8 Å². The zero-order chi connectivity index (χ0) is 17.3. The van der Waals surface area contributed by atoms with Crippen LogP contribution in [-0.4, -0.2) is 59.3 Å². The number of carboxylic acids is 1. The molecule has 8 heteroatoms. The first-order chi connectivity index (χ1) is 11.5. The summed E-state index contributed by atoms with van der Waals surface area (Å²) in [5.41, 5.74) is 1.06. The summed E-state index contributed by atoms with van der Waals surface area (Å²) in [6.07, 6.45) is 0.237. The Hall–Kier alpha value is -2.06. The Bertz CT molecular complexity index is 693. The van der Waals surface area contributed by atoms with Crippen molar-refractivity contribution in [3.8, 4) is 0 Å². The number of fused-ring (bicyclic) bond motifs is 1. The quantitative estimate of drug-likeness (QED) is 0.853. The number of methoxy groups -OCH3 is 1. The smallest absolute Gasteiger partial charge is 0.305 e. The molecule has 2 N–H and O–H groups in total. The molecule has 0 aliphatic carbocycles. The fourth-order valence-electron chi connectivity index (χ4n) is 3.07. The van der Waals surface area contributed by atoms with Gasteiger partial charge in [-0.1, -0.05) is 0 Å². The van der Waals surface area contributed by atoms with E-state index in [0.717, 1.165) is 4.90 Å². The van der Waals surface area contributed by atoms with Crippen LogP contribution in [0.3, 0.4) is 0 Å². The fourth-order valence-corrected chi connectivity index (χ4v) is 3.86. The highest BCUT2D eigenvalue weighted by Crippen LogP contribution is 2.33. The fraction of sp³-hybridized carbons (Fsp3) is 0.438. The zero-order valence-electron chi connectivity index (χ0n) is 13.2. The largest absolute Gasteiger partial charge is 0.481 e. The van der Waals surface area contributed by atoms with Crippen molar-refractivity contribution < 1.29 is 24.2 Å². The summed E-state index contributed by atoms with van der Waals surface area (Å²) in [6.45, 7) is 0.367. The number of likely N-dealkylation sites (tertiary alicyclic amines) is 1. The first kappa shape index (κ1) is 16.8. The molecule has 2 aliphatic rings. The first-order valence-electron chi connectivity index (χ1n) is 7.60. The van der Waals surface area contributed by atoms with Gasteiger partial charge in [0, 0.05) is 30.2 Å². The Morgan fingerprint density at radius 3 is 2.96 bits per heavy atom. The van der Waals surface area contributed by atoms with E-state index in [1.54, 1.807) is 24.1 Å². The number of nitrogens with one attached hydrogen (secondary N) is 1. The third-order valence-electron chi connectivity index (χ3n) is 4.24. The molecule has 1 aromatic rings. The molecule has 0 radical (unpaired) electrons. The number of carbonyl (C=O) groups excluding carboxylic acids is 2. The molecule has 0 aromatic heterocycles. The van der Waals surface area contributed by atoms with Gasteiger partial charge in [0.25, 0.3) is 5.91 Å². The van der Waals surface area contributed by atoms with E-state index in [-0.39, 0.29) is 30.4 Å². The number of hydrogen-bond donors (Lipinski definition) is 2. The molecule has 2 heterocycles. The maximum Gasteiger partial charge on any atom is 0.305 e. The maximum atomic E-state index is 12.8. The summed E-state index contributed by atoms with van der Waals surface area (Å²) in [6, 6.07) is 4.78. The molecule has 0 saturated carbocycles. The second kappa shape index (κ2) is 6.82. The third-order valence-corrected chi connectivity index (χ3v) is 5.31. The number of ether oxygens (including phenoxy) is 1. The lowest BCUT2D eigenvalue weighted by atomic mass is 10.1. The molecule has 3 rings (SSSR count). The average molecular weight is 350 g/mol. The van der Waals surface area contributed by atoms with Gasteiger partial charge in [-0.05, 0) is 24.6 Å². The Morgan fingerprint density at radius 1 is 1.46 bits per heavy atom. The lowest BCUT2D eigenvalue weighted by Crippen LogP contribution is -2.37. The average Bonchev–Trinajstić information content (AvgIpc) is 2.95. The van der Waals surface area contributed by atoms with Gasteiger partial charge < -0.3 is 20.1 Å². The highest BCUT2D eigenvalue weighted by Gasteiger charge is 2.37. The molecule has 1 aromatic carbocycles. The number of rotatable bonds is 4. The van der Waals surface area contributed by atoms with Gasteiger partial charge >= 0.3 is 5.97 Å². The molecule has 2 amide bonds. The van der Waals surface area contributed by atoms with Crippen LogP contribution in [0, 0.1) is 0 Å². The third kappa shape index (κ3) is 3.39. The van der Waals surface area contributed by atoms with Gasteiger partial charge in [0.2, 0.25) is 5.91 Å².